The molecule has 5 nitrogen and oxygen atoms in total. The van der Waals surface area contributed by atoms with Crippen LogP contribution in [0.25, 0.3) is 0 Å². The predicted molar refractivity (Wildman–Crippen MR) is 105 cm³/mol. The van der Waals surface area contributed by atoms with E-state index in [1.54, 1.807) is 24.3 Å². The van der Waals surface area contributed by atoms with E-state index in [-0.39, 0.29) is 5.91 Å². The van der Waals surface area contributed by atoms with Gasteiger partial charge in [0, 0.05) is 48.2 Å². The van der Waals surface area contributed by atoms with Crippen molar-refractivity contribution in [2.24, 2.45) is 0 Å². The molecule has 4 rings (SSSR count). The molecule has 1 aliphatic heterocycles. The molecule has 27 heavy (non-hydrogen) atoms. The van der Waals surface area contributed by atoms with Crippen LogP contribution in [0.1, 0.15) is 40.6 Å². The summed E-state index contributed by atoms with van der Waals surface area (Å²) in [6.07, 6.45) is 7.50. The van der Waals surface area contributed by atoms with Crippen LogP contribution in [-0.2, 0) is 6.54 Å². The van der Waals surface area contributed by atoms with Gasteiger partial charge in [-0.1, -0.05) is 17.7 Å². The summed E-state index contributed by atoms with van der Waals surface area (Å²) in [6, 6.07) is 13.0. The number of likely N-dealkylation sites (tertiary alicyclic amines) is 1. The first-order chi connectivity index (χ1) is 13.2. The third-order valence-electron chi connectivity index (χ3n) is 5.04. The lowest BCUT2D eigenvalue weighted by atomic mass is 9.95. The van der Waals surface area contributed by atoms with E-state index in [1.807, 2.05) is 41.7 Å². The van der Waals surface area contributed by atoms with Crippen molar-refractivity contribution < 1.29 is 4.79 Å². The second-order valence-corrected chi connectivity index (χ2v) is 7.24. The van der Waals surface area contributed by atoms with Crippen LogP contribution >= 0.6 is 11.6 Å². The molecule has 0 unspecified atom stereocenters. The summed E-state index contributed by atoms with van der Waals surface area (Å²) in [5.41, 5.74) is 1.71. The molecule has 0 aliphatic carbocycles. The molecule has 2 aromatic heterocycles. The highest BCUT2D eigenvalue weighted by atomic mass is 35.5. The number of amides is 1. The number of hydrogen-bond donors (Lipinski definition) is 0. The predicted octanol–water partition coefficient (Wildman–Crippen LogP) is 4.00. The third kappa shape index (κ3) is 4.03. The van der Waals surface area contributed by atoms with Crippen molar-refractivity contribution in [1.29, 1.82) is 0 Å². The summed E-state index contributed by atoms with van der Waals surface area (Å²) in [5, 5.41) is 0.644. The van der Waals surface area contributed by atoms with Crippen molar-refractivity contribution in [3.63, 3.8) is 0 Å². The number of rotatable bonds is 4. The second-order valence-electron chi connectivity index (χ2n) is 6.81. The molecule has 0 bridgehead atoms. The highest BCUT2D eigenvalue weighted by molar-refractivity contribution is 6.30. The number of halogens is 1. The summed E-state index contributed by atoms with van der Waals surface area (Å²) in [5.74, 6) is 1.51. The minimum atomic E-state index is 0.0712. The number of pyridine rings is 1. The maximum absolute atomic E-state index is 12.7. The number of hydrogen-bond acceptors (Lipinski definition) is 3. The van der Waals surface area contributed by atoms with E-state index in [0.717, 1.165) is 44.0 Å². The highest BCUT2D eigenvalue weighted by Gasteiger charge is 2.27. The van der Waals surface area contributed by atoms with Gasteiger partial charge in [0.05, 0.1) is 12.2 Å². The van der Waals surface area contributed by atoms with Crippen LogP contribution in [0.2, 0.25) is 5.02 Å². The molecule has 1 saturated heterocycles. The van der Waals surface area contributed by atoms with Crippen molar-refractivity contribution in [3.8, 4) is 0 Å². The van der Waals surface area contributed by atoms with Crippen molar-refractivity contribution in [2.75, 3.05) is 13.1 Å². The van der Waals surface area contributed by atoms with Crippen molar-refractivity contribution >= 4 is 17.5 Å². The van der Waals surface area contributed by atoms with Gasteiger partial charge >= 0.3 is 0 Å². The van der Waals surface area contributed by atoms with Gasteiger partial charge in [-0.15, -0.1) is 0 Å². The summed E-state index contributed by atoms with van der Waals surface area (Å²) in [6.45, 7) is 2.20. The van der Waals surface area contributed by atoms with Gasteiger partial charge in [-0.3, -0.25) is 9.78 Å². The van der Waals surface area contributed by atoms with E-state index in [4.69, 9.17) is 11.6 Å². The largest absolute Gasteiger partial charge is 0.339 e. The van der Waals surface area contributed by atoms with Crippen LogP contribution in [0.5, 0.6) is 0 Å². The Bertz CT molecular complexity index is 899. The Morgan fingerprint density at radius 1 is 1.04 bits per heavy atom. The lowest BCUT2D eigenvalue weighted by Gasteiger charge is -2.32. The average Bonchev–Trinajstić information content (AvgIpc) is 3.17. The number of aromatic nitrogens is 3. The monoisotopic (exact) mass is 380 g/mol. The molecule has 0 atom stereocenters. The molecule has 138 valence electrons. The number of imidazole rings is 1. The Hall–Kier alpha value is -2.66. The average molecular weight is 381 g/mol. The third-order valence-corrected chi connectivity index (χ3v) is 5.30. The molecule has 1 aliphatic rings. The number of piperidine rings is 1. The zero-order valence-electron chi connectivity index (χ0n) is 15.0. The molecule has 1 amide bonds. The van der Waals surface area contributed by atoms with Gasteiger partial charge < -0.3 is 9.47 Å². The zero-order chi connectivity index (χ0) is 18.6. The van der Waals surface area contributed by atoms with Crippen LogP contribution in [0.4, 0.5) is 0 Å². The first-order valence-electron chi connectivity index (χ1n) is 9.16. The molecule has 0 saturated carbocycles. The normalized spacial score (nSPS) is 15.1. The van der Waals surface area contributed by atoms with E-state index in [0.29, 0.717) is 16.5 Å². The van der Waals surface area contributed by atoms with Crippen LogP contribution < -0.4 is 0 Å². The lowest BCUT2D eigenvalue weighted by Crippen LogP contribution is -2.38. The molecule has 6 heteroatoms. The second kappa shape index (κ2) is 7.92. The maximum atomic E-state index is 12.7. The van der Waals surface area contributed by atoms with Crippen LogP contribution in [0.15, 0.2) is 61.1 Å². The fraction of sp³-hybridized carbons (Fsp3) is 0.286. The molecular weight excluding hydrogens is 360 g/mol. The van der Waals surface area contributed by atoms with Crippen molar-refractivity contribution in [1.82, 2.24) is 19.4 Å². The molecule has 0 spiro atoms. The van der Waals surface area contributed by atoms with Gasteiger partial charge in [-0.05, 0) is 49.2 Å². The van der Waals surface area contributed by atoms with E-state index >= 15 is 0 Å². The maximum Gasteiger partial charge on any atom is 0.253 e. The minimum Gasteiger partial charge on any atom is -0.339 e. The molecule has 3 aromatic rings. The molecule has 0 N–H and O–H groups in total. The minimum absolute atomic E-state index is 0.0712. The molecule has 0 radical (unpaired) electrons. The van der Waals surface area contributed by atoms with E-state index in [2.05, 4.69) is 14.5 Å². The SMILES string of the molecule is O=C(c1ccc(Cl)cc1)N1CCC(c2nccn2Cc2ccccn2)CC1. The van der Waals surface area contributed by atoms with E-state index in [9.17, 15) is 4.79 Å². The number of carbonyl (C=O) groups excluding carboxylic acids is 1. The Balaban J connectivity index is 1.40. The first kappa shape index (κ1) is 17.7. The van der Waals surface area contributed by atoms with Crippen LogP contribution in [-0.4, -0.2) is 38.4 Å². The van der Waals surface area contributed by atoms with Crippen molar-refractivity contribution in [3.05, 3.63) is 83.2 Å². The van der Waals surface area contributed by atoms with Crippen LogP contribution in [0, 0.1) is 0 Å². The number of carbonyl (C=O) groups is 1. The van der Waals surface area contributed by atoms with Gasteiger partial charge in [0.1, 0.15) is 5.82 Å². The molecule has 1 fully saturated rings. The van der Waals surface area contributed by atoms with Gasteiger partial charge in [0.25, 0.3) is 5.91 Å². The summed E-state index contributed by atoms with van der Waals surface area (Å²) in [4.78, 5) is 23.6. The van der Waals surface area contributed by atoms with Gasteiger partial charge in [0.2, 0.25) is 0 Å². The number of nitrogens with zero attached hydrogens (tertiary/aromatic N) is 4. The van der Waals surface area contributed by atoms with Gasteiger partial charge in [0.15, 0.2) is 0 Å². The Morgan fingerprint density at radius 2 is 1.81 bits per heavy atom. The first-order valence-corrected chi connectivity index (χ1v) is 9.54. The molecule has 3 heterocycles. The molecule has 1 aromatic carbocycles. The fourth-order valence-electron chi connectivity index (χ4n) is 3.60. The van der Waals surface area contributed by atoms with Crippen molar-refractivity contribution in [2.45, 2.75) is 25.3 Å². The quantitative estimate of drug-likeness (QED) is 0.687. The topological polar surface area (TPSA) is 51.0 Å². The Kier molecular flexibility index (Phi) is 5.21. The Labute approximate surface area is 163 Å². The summed E-state index contributed by atoms with van der Waals surface area (Å²) < 4.78 is 2.17. The van der Waals surface area contributed by atoms with Gasteiger partial charge in [-0.25, -0.2) is 4.98 Å². The van der Waals surface area contributed by atoms with Gasteiger partial charge in [-0.2, -0.15) is 0 Å². The zero-order valence-corrected chi connectivity index (χ0v) is 15.7. The fourth-order valence-corrected chi connectivity index (χ4v) is 3.72. The standard InChI is InChI=1S/C21H21ClN4O/c22-18-6-4-17(5-7-18)21(27)25-12-8-16(9-13-25)20-24-11-14-26(20)15-19-3-1-2-10-23-19/h1-7,10-11,14,16H,8-9,12-13,15H2. The Morgan fingerprint density at radius 3 is 2.52 bits per heavy atom. The summed E-state index contributed by atoms with van der Waals surface area (Å²) >= 11 is 5.91. The number of benzene rings is 1. The van der Waals surface area contributed by atoms with E-state index in [1.165, 1.54) is 0 Å². The lowest BCUT2D eigenvalue weighted by molar-refractivity contribution is 0.0710. The van der Waals surface area contributed by atoms with E-state index < -0.39 is 0 Å². The highest BCUT2D eigenvalue weighted by Crippen LogP contribution is 2.28. The smallest absolute Gasteiger partial charge is 0.253 e. The molecular formula is C21H21ClN4O. The summed E-state index contributed by atoms with van der Waals surface area (Å²) in [7, 11) is 0. The van der Waals surface area contributed by atoms with Crippen LogP contribution in [0.3, 0.4) is 0 Å².